The Morgan fingerprint density at radius 1 is 1.00 bits per heavy atom. The van der Waals surface area contributed by atoms with Crippen LogP contribution in [0, 0.1) is 18.6 Å². The highest BCUT2D eigenvalue weighted by atomic mass is 32.2. The van der Waals surface area contributed by atoms with Crippen molar-refractivity contribution in [3.8, 4) is 0 Å². The molecule has 2 aromatic carbocycles. The average Bonchev–Trinajstić information content (AvgIpc) is 2.95. The summed E-state index contributed by atoms with van der Waals surface area (Å²) in [5.41, 5.74) is 1.81. The van der Waals surface area contributed by atoms with Gasteiger partial charge < -0.3 is 4.57 Å². The van der Waals surface area contributed by atoms with E-state index in [1.807, 2.05) is 11.5 Å². The highest BCUT2D eigenvalue weighted by Crippen LogP contribution is 2.40. The van der Waals surface area contributed by atoms with Gasteiger partial charge in [-0.2, -0.15) is 0 Å². The molecule has 0 saturated carbocycles. The Hall–Kier alpha value is -2.47. The fourth-order valence-electron chi connectivity index (χ4n) is 2.50. The van der Waals surface area contributed by atoms with E-state index in [0.29, 0.717) is 6.54 Å². The zero-order chi connectivity index (χ0) is 17.8. The predicted octanol–water partition coefficient (Wildman–Crippen LogP) is 4.93. The molecule has 0 unspecified atom stereocenters. The first-order valence-electron chi connectivity index (χ1n) is 7.77. The molecule has 0 aliphatic heterocycles. The number of allylic oxidation sites excluding steroid dienone is 1. The lowest BCUT2D eigenvalue weighted by molar-refractivity contribution is 0.626. The molecule has 0 bridgehead atoms. The first kappa shape index (κ1) is 17.4. The topological polar surface area (TPSA) is 30.7 Å². The van der Waals surface area contributed by atoms with Crippen LogP contribution in [0.15, 0.2) is 66.3 Å². The van der Waals surface area contributed by atoms with Gasteiger partial charge in [0.15, 0.2) is 5.16 Å². The van der Waals surface area contributed by atoms with Crippen LogP contribution < -0.4 is 0 Å². The highest BCUT2D eigenvalue weighted by Gasteiger charge is 2.20. The minimum absolute atomic E-state index is 0.159. The summed E-state index contributed by atoms with van der Waals surface area (Å²) in [4.78, 5) is 0. The second-order valence-corrected chi connectivity index (χ2v) is 6.60. The van der Waals surface area contributed by atoms with E-state index in [1.54, 1.807) is 30.3 Å². The molecule has 0 aliphatic carbocycles. The number of aromatic nitrogens is 3. The van der Waals surface area contributed by atoms with E-state index in [9.17, 15) is 8.78 Å². The SMILES string of the molecule is C=CCn1c(C)nnc1SC(c1ccc(F)cc1)c1ccc(F)cc1. The van der Waals surface area contributed by atoms with Gasteiger partial charge >= 0.3 is 0 Å². The Kier molecular flexibility index (Phi) is 5.28. The average molecular weight is 357 g/mol. The lowest BCUT2D eigenvalue weighted by Crippen LogP contribution is -2.03. The number of aryl methyl sites for hydroxylation is 1. The molecule has 3 rings (SSSR count). The van der Waals surface area contributed by atoms with E-state index in [0.717, 1.165) is 22.1 Å². The highest BCUT2D eigenvalue weighted by molar-refractivity contribution is 7.99. The summed E-state index contributed by atoms with van der Waals surface area (Å²) in [5.74, 6) is 0.203. The van der Waals surface area contributed by atoms with Crippen LogP contribution >= 0.6 is 11.8 Å². The van der Waals surface area contributed by atoms with Gasteiger partial charge in [-0.3, -0.25) is 0 Å². The third-order valence-electron chi connectivity index (χ3n) is 3.78. The lowest BCUT2D eigenvalue weighted by atomic mass is 10.0. The van der Waals surface area contributed by atoms with Crippen molar-refractivity contribution in [2.75, 3.05) is 0 Å². The zero-order valence-electron chi connectivity index (χ0n) is 13.7. The van der Waals surface area contributed by atoms with Crippen LogP contribution in [0.25, 0.3) is 0 Å². The van der Waals surface area contributed by atoms with Crippen LogP contribution in [0.5, 0.6) is 0 Å². The second-order valence-electron chi connectivity index (χ2n) is 5.53. The molecule has 3 aromatic rings. The van der Waals surface area contributed by atoms with Gasteiger partial charge in [-0.25, -0.2) is 8.78 Å². The van der Waals surface area contributed by atoms with Gasteiger partial charge in [-0.1, -0.05) is 42.1 Å². The van der Waals surface area contributed by atoms with Crippen molar-refractivity contribution in [1.82, 2.24) is 14.8 Å². The minimum atomic E-state index is -0.294. The number of rotatable bonds is 6. The smallest absolute Gasteiger partial charge is 0.192 e. The molecule has 0 radical (unpaired) electrons. The van der Waals surface area contributed by atoms with Crippen LogP contribution in [-0.4, -0.2) is 14.8 Å². The summed E-state index contributed by atoms with van der Waals surface area (Å²) >= 11 is 1.49. The van der Waals surface area contributed by atoms with Crippen molar-refractivity contribution in [1.29, 1.82) is 0 Å². The quantitative estimate of drug-likeness (QED) is 0.463. The van der Waals surface area contributed by atoms with Crippen LogP contribution in [0.1, 0.15) is 22.2 Å². The maximum Gasteiger partial charge on any atom is 0.192 e. The third-order valence-corrected chi connectivity index (χ3v) is 5.08. The largest absolute Gasteiger partial charge is 0.302 e. The van der Waals surface area contributed by atoms with Crippen molar-refractivity contribution in [3.63, 3.8) is 0 Å². The first-order chi connectivity index (χ1) is 12.1. The summed E-state index contributed by atoms with van der Waals surface area (Å²) in [6.07, 6.45) is 1.78. The van der Waals surface area contributed by atoms with E-state index in [2.05, 4.69) is 16.8 Å². The molecule has 1 aromatic heterocycles. The number of halogens is 2. The molecule has 0 N–H and O–H groups in total. The van der Waals surface area contributed by atoms with Crippen molar-refractivity contribution >= 4 is 11.8 Å². The second kappa shape index (κ2) is 7.61. The number of benzene rings is 2. The summed E-state index contributed by atoms with van der Waals surface area (Å²) < 4.78 is 28.6. The van der Waals surface area contributed by atoms with Crippen molar-refractivity contribution in [3.05, 3.63) is 89.8 Å². The molecule has 0 amide bonds. The zero-order valence-corrected chi connectivity index (χ0v) is 14.5. The van der Waals surface area contributed by atoms with E-state index in [-0.39, 0.29) is 16.9 Å². The Bertz CT molecular complexity index is 812. The molecule has 0 spiro atoms. The predicted molar refractivity (Wildman–Crippen MR) is 95.5 cm³/mol. The first-order valence-corrected chi connectivity index (χ1v) is 8.64. The van der Waals surface area contributed by atoms with Gasteiger partial charge in [-0.05, 0) is 42.3 Å². The monoisotopic (exact) mass is 357 g/mol. The number of nitrogens with zero attached hydrogens (tertiary/aromatic N) is 3. The van der Waals surface area contributed by atoms with E-state index in [4.69, 9.17) is 0 Å². The Balaban J connectivity index is 2.01. The summed E-state index contributed by atoms with van der Waals surface area (Å²) in [5, 5.41) is 8.94. The van der Waals surface area contributed by atoms with Gasteiger partial charge in [0.05, 0.1) is 5.25 Å². The van der Waals surface area contributed by atoms with Gasteiger partial charge in [0.1, 0.15) is 17.5 Å². The van der Waals surface area contributed by atoms with Crippen molar-refractivity contribution in [2.45, 2.75) is 23.9 Å². The van der Waals surface area contributed by atoms with Crippen LogP contribution in [0.3, 0.4) is 0 Å². The maximum atomic E-state index is 13.3. The third kappa shape index (κ3) is 3.96. The molecule has 1 heterocycles. The van der Waals surface area contributed by atoms with E-state index in [1.165, 1.54) is 36.0 Å². The van der Waals surface area contributed by atoms with E-state index >= 15 is 0 Å². The summed E-state index contributed by atoms with van der Waals surface area (Å²) in [6.45, 7) is 6.24. The lowest BCUT2D eigenvalue weighted by Gasteiger charge is -2.18. The van der Waals surface area contributed by atoms with Gasteiger partial charge in [-0.15, -0.1) is 16.8 Å². The molecule has 6 heteroatoms. The standard InChI is InChI=1S/C19H17F2N3S/c1-3-12-24-13(2)22-23-19(24)25-18(14-4-8-16(20)9-5-14)15-6-10-17(21)11-7-15/h3-11,18H,1,12H2,2H3. The molecule has 0 fully saturated rings. The maximum absolute atomic E-state index is 13.3. The Morgan fingerprint density at radius 2 is 1.52 bits per heavy atom. The van der Waals surface area contributed by atoms with E-state index < -0.39 is 0 Å². The molecule has 128 valence electrons. The fourth-order valence-corrected chi connectivity index (χ4v) is 3.72. The minimum Gasteiger partial charge on any atom is -0.302 e. The molecular formula is C19H17F2N3S. The van der Waals surface area contributed by atoms with Gasteiger partial charge in [0.25, 0.3) is 0 Å². The molecule has 0 atom stereocenters. The van der Waals surface area contributed by atoms with Gasteiger partial charge in [0.2, 0.25) is 0 Å². The Labute approximate surface area is 149 Å². The summed E-state index contributed by atoms with van der Waals surface area (Å²) in [7, 11) is 0. The van der Waals surface area contributed by atoms with Gasteiger partial charge in [0, 0.05) is 6.54 Å². The van der Waals surface area contributed by atoms with Crippen LogP contribution in [0.2, 0.25) is 0 Å². The number of thioether (sulfide) groups is 1. The Morgan fingerprint density at radius 3 is 2.00 bits per heavy atom. The normalized spacial score (nSPS) is 11.0. The fraction of sp³-hybridized carbons (Fsp3) is 0.158. The van der Waals surface area contributed by atoms with Crippen LogP contribution in [-0.2, 0) is 6.54 Å². The molecular weight excluding hydrogens is 340 g/mol. The van der Waals surface area contributed by atoms with Crippen LogP contribution in [0.4, 0.5) is 8.78 Å². The van der Waals surface area contributed by atoms with Crippen molar-refractivity contribution in [2.24, 2.45) is 0 Å². The molecule has 25 heavy (non-hydrogen) atoms. The summed E-state index contributed by atoms with van der Waals surface area (Å²) in [6, 6.07) is 12.6. The molecule has 3 nitrogen and oxygen atoms in total. The molecule has 0 saturated heterocycles. The van der Waals surface area contributed by atoms with Crippen molar-refractivity contribution < 1.29 is 8.78 Å². The number of hydrogen-bond acceptors (Lipinski definition) is 3. The molecule has 0 aliphatic rings. The number of hydrogen-bond donors (Lipinski definition) is 0.